The van der Waals surface area contributed by atoms with Gasteiger partial charge in [0, 0.05) is 18.1 Å². The van der Waals surface area contributed by atoms with Crippen molar-refractivity contribution < 1.29 is 8.85 Å². The molecule has 0 rings (SSSR count). The van der Waals surface area contributed by atoms with Gasteiger partial charge in [-0.3, -0.25) is 0 Å². The molecule has 2 nitrogen and oxygen atoms in total. The molecular formula is C8H20O2S2Si. The van der Waals surface area contributed by atoms with Crippen LogP contribution in [0.1, 0.15) is 20.3 Å². The first-order chi connectivity index (χ1) is 6.10. The van der Waals surface area contributed by atoms with E-state index in [1.165, 1.54) is 0 Å². The summed E-state index contributed by atoms with van der Waals surface area (Å²) in [5.74, 6) is 0.830. The van der Waals surface area contributed by atoms with Crippen LogP contribution < -0.4 is 0 Å². The zero-order valence-corrected chi connectivity index (χ0v) is 11.4. The van der Waals surface area contributed by atoms with Gasteiger partial charge in [-0.25, -0.2) is 0 Å². The van der Waals surface area contributed by atoms with Crippen LogP contribution in [0.5, 0.6) is 0 Å². The highest BCUT2D eigenvalue weighted by atomic mass is 32.1. The van der Waals surface area contributed by atoms with Gasteiger partial charge in [-0.05, 0) is 32.6 Å². The first kappa shape index (κ1) is 13.8. The predicted octanol–water partition coefficient (Wildman–Crippen LogP) is 2.29. The van der Waals surface area contributed by atoms with Crippen LogP contribution in [0.15, 0.2) is 0 Å². The molecule has 1 unspecified atom stereocenters. The minimum Gasteiger partial charge on any atom is -0.394 e. The number of rotatable bonds is 7. The third kappa shape index (κ3) is 4.74. The van der Waals surface area contributed by atoms with E-state index in [-0.39, 0.29) is 4.87 Å². The van der Waals surface area contributed by atoms with Crippen molar-refractivity contribution in [3.05, 3.63) is 0 Å². The number of hydrogen-bond donors (Lipinski definition) is 2. The summed E-state index contributed by atoms with van der Waals surface area (Å²) in [6, 6.07) is 0. The highest BCUT2D eigenvalue weighted by molar-refractivity contribution is 7.83. The fourth-order valence-electron chi connectivity index (χ4n) is 1.19. The average Bonchev–Trinajstić information content (AvgIpc) is 2.05. The van der Waals surface area contributed by atoms with E-state index in [0.717, 1.165) is 12.2 Å². The van der Waals surface area contributed by atoms with Crippen molar-refractivity contribution in [2.24, 2.45) is 0 Å². The van der Waals surface area contributed by atoms with Crippen molar-refractivity contribution in [2.45, 2.75) is 31.7 Å². The zero-order valence-electron chi connectivity index (χ0n) is 8.62. The van der Waals surface area contributed by atoms with Gasteiger partial charge >= 0.3 is 8.56 Å². The molecule has 0 aliphatic rings. The van der Waals surface area contributed by atoms with E-state index in [9.17, 15) is 0 Å². The summed E-state index contributed by atoms with van der Waals surface area (Å²) in [6.45, 7) is 7.46. The number of hydrogen-bond acceptors (Lipinski definition) is 4. The lowest BCUT2D eigenvalue weighted by atomic mass is 10.6. The van der Waals surface area contributed by atoms with Crippen LogP contribution in [0.25, 0.3) is 0 Å². The number of thiol groups is 2. The Balaban J connectivity index is 4.18. The van der Waals surface area contributed by atoms with E-state index in [0.29, 0.717) is 13.2 Å². The lowest BCUT2D eigenvalue weighted by Gasteiger charge is -2.30. The lowest BCUT2D eigenvalue weighted by molar-refractivity contribution is 0.187. The first-order valence-corrected chi connectivity index (χ1v) is 8.21. The third-order valence-corrected chi connectivity index (χ3v) is 7.02. The quantitative estimate of drug-likeness (QED) is 0.525. The molecule has 0 amide bonds. The van der Waals surface area contributed by atoms with Crippen molar-refractivity contribution in [2.75, 3.05) is 19.0 Å². The van der Waals surface area contributed by atoms with Crippen molar-refractivity contribution >= 4 is 33.8 Å². The Morgan fingerprint density at radius 2 is 1.69 bits per heavy atom. The van der Waals surface area contributed by atoms with Crippen LogP contribution >= 0.6 is 25.3 Å². The normalized spacial score (nSPS) is 14.5. The van der Waals surface area contributed by atoms with Crippen molar-refractivity contribution in [1.29, 1.82) is 0 Å². The second kappa shape index (κ2) is 7.17. The Hall–Kier alpha value is 0.837. The molecule has 0 aliphatic heterocycles. The maximum atomic E-state index is 5.69. The van der Waals surface area contributed by atoms with Crippen LogP contribution in [-0.2, 0) is 8.85 Å². The molecule has 80 valence electrons. The largest absolute Gasteiger partial charge is 0.394 e. The molecule has 0 spiro atoms. The highest BCUT2D eigenvalue weighted by Gasteiger charge is 2.38. The summed E-state index contributed by atoms with van der Waals surface area (Å²) in [5, 5.41) is 0. The molecule has 0 aromatic carbocycles. The summed E-state index contributed by atoms with van der Waals surface area (Å²) in [5.41, 5.74) is 0. The molecule has 1 atom stereocenters. The molecule has 0 radical (unpaired) electrons. The molecule has 0 fully saturated rings. The summed E-state index contributed by atoms with van der Waals surface area (Å²) in [4.78, 5) is 0.213. The lowest BCUT2D eigenvalue weighted by Crippen LogP contribution is -2.48. The minimum absolute atomic E-state index is 0.213. The van der Waals surface area contributed by atoms with E-state index in [2.05, 4.69) is 31.8 Å². The Bertz CT molecular complexity index is 129. The van der Waals surface area contributed by atoms with Crippen LogP contribution in [0.2, 0.25) is 6.55 Å². The summed E-state index contributed by atoms with van der Waals surface area (Å²) in [6.07, 6.45) is 0.939. The van der Waals surface area contributed by atoms with Gasteiger partial charge in [0.2, 0.25) is 0 Å². The predicted molar refractivity (Wildman–Crippen MR) is 66.1 cm³/mol. The standard InChI is InChI=1S/C8H20O2S2Si/c1-4-9-13(3,10-5-2)8(12)6-7-11/h8,11-12H,4-7H2,1-3H3. The molecule has 0 N–H and O–H groups in total. The van der Waals surface area contributed by atoms with Gasteiger partial charge < -0.3 is 8.85 Å². The molecule has 13 heavy (non-hydrogen) atoms. The molecular weight excluding hydrogens is 220 g/mol. The van der Waals surface area contributed by atoms with E-state index in [1.54, 1.807) is 0 Å². The van der Waals surface area contributed by atoms with Gasteiger partial charge in [0.25, 0.3) is 0 Å². The molecule has 0 saturated heterocycles. The Labute approximate surface area is 93.5 Å². The van der Waals surface area contributed by atoms with Crippen molar-refractivity contribution in [3.8, 4) is 0 Å². The van der Waals surface area contributed by atoms with Gasteiger partial charge in [-0.15, -0.1) is 0 Å². The van der Waals surface area contributed by atoms with E-state index in [1.807, 2.05) is 13.8 Å². The van der Waals surface area contributed by atoms with Crippen LogP contribution in [0.4, 0.5) is 0 Å². The molecule has 5 heteroatoms. The zero-order chi connectivity index (χ0) is 10.3. The van der Waals surface area contributed by atoms with Gasteiger partial charge in [0.05, 0.1) is 0 Å². The summed E-state index contributed by atoms with van der Waals surface area (Å²) in [7, 11) is -2.06. The van der Waals surface area contributed by atoms with Crippen LogP contribution in [0.3, 0.4) is 0 Å². The first-order valence-electron chi connectivity index (χ1n) is 4.67. The van der Waals surface area contributed by atoms with Crippen LogP contribution in [0, 0.1) is 0 Å². The molecule has 0 saturated carbocycles. The summed E-state index contributed by atoms with van der Waals surface area (Å²) >= 11 is 8.71. The van der Waals surface area contributed by atoms with Crippen molar-refractivity contribution in [1.82, 2.24) is 0 Å². The third-order valence-electron chi connectivity index (χ3n) is 1.87. The fraction of sp³-hybridized carbons (Fsp3) is 1.00. The molecule has 0 bridgehead atoms. The molecule has 0 aliphatic carbocycles. The van der Waals surface area contributed by atoms with E-state index >= 15 is 0 Å². The maximum absolute atomic E-state index is 5.69. The molecule has 0 aromatic heterocycles. The van der Waals surface area contributed by atoms with Gasteiger partial charge in [-0.2, -0.15) is 25.3 Å². The smallest absolute Gasteiger partial charge is 0.348 e. The van der Waals surface area contributed by atoms with E-state index < -0.39 is 8.56 Å². The van der Waals surface area contributed by atoms with Crippen molar-refractivity contribution in [3.63, 3.8) is 0 Å². The Morgan fingerprint density at radius 3 is 2.00 bits per heavy atom. The second-order valence-corrected chi connectivity index (χ2v) is 7.77. The summed E-state index contributed by atoms with van der Waals surface area (Å²) < 4.78 is 11.4. The SMILES string of the molecule is CCO[Si](C)(OCC)C(S)CCS. The highest BCUT2D eigenvalue weighted by Crippen LogP contribution is 2.20. The topological polar surface area (TPSA) is 18.5 Å². The maximum Gasteiger partial charge on any atom is 0.348 e. The minimum atomic E-state index is -2.06. The van der Waals surface area contributed by atoms with Gasteiger partial charge in [-0.1, -0.05) is 0 Å². The fourth-order valence-corrected chi connectivity index (χ4v) is 4.76. The molecule has 0 heterocycles. The van der Waals surface area contributed by atoms with E-state index in [4.69, 9.17) is 8.85 Å². The molecule has 0 aromatic rings. The van der Waals surface area contributed by atoms with Crippen LogP contribution in [-0.4, -0.2) is 32.4 Å². The average molecular weight is 240 g/mol. The Kier molecular flexibility index (Phi) is 7.63. The monoisotopic (exact) mass is 240 g/mol. The second-order valence-electron chi connectivity index (χ2n) is 2.91. The van der Waals surface area contributed by atoms with Gasteiger partial charge in [0.15, 0.2) is 0 Å². The van der Waals surface area contributed by atoms with Gasteiger partial charge in [0.1, 0.15) is 0 Å². The Morgan fingerprint density at radius 1 is 1.23 bits per heavy atom.